The van der Waals surface area contributed by atoms with E-state index in [9.17, 15) is 4.79 Å². The Morgan fingerprint density at radius 3 is 2.74 bits per heavy atom. The number of hydrogen-bond donors (Lipinski definition) is 4. The zero-order chi connectivity index (χ0) is 22.1. The third kappa shape index (κ3) is 6.35. The van der Waals surface area contributed by atoms with Gasteiger partial charge in [-0.2, -0.15) is 0 Å². The quantitative estimate of drug-likeness (QED) is 0.305. The molecule has 1 atom stereocenters. The Hall–Kier alpha value is -3.28. The standard InChI is InChI=1S/C25H33N5O/c1-4-18(3)24(31)30-21-10-8-9-19(15-21)16-29-25(26-5-2)27-14-13-20-17-28-23-12-7-6-11-22(20)23/h6-12,15,17-18,28H,4-5,13-14,16H2,1-3H3,(H,30,31)(H2,26,27,29). The average Bonchev–Trinajstić information content (AvgIpc) is 3.20. The Kier molecular flexibility index (Phi) is 8.10. The maximum absolute atomic E-state index is 12.1. The number of para-hydroxylation sites is 1. The van der Waals surface area contributed by atoms with E-state index >= 15 is 0 Å². The van der Waals surface area contributed by atoms with Gasteiger partial charge in [-0.1, -0.05) is 44.2 Å². The molecule has 2 aromatic carbocycles. The molecule has 6 nitrogen and oxygen atoms in total. The van der Waals surface area contributed by atoms with Crippen LogP contribution in [0.2, 0.25) is 0 Å². The van der Waals surface area contributed by atoms with Crippen LogP contribution in [0.1, 0.15) is 38.3 Å². The fourth-order valence-corrected chi connectivity index (χ4v) is 3.36. The predicted molar refractivity (Wildman–Crippen MR) is 129 cm³/mol. The smallest absolute Gasteiger partial charge is 0.227 e. The first kappa shape index (κ1) is 22.4. The third-order valence-electron chi connectivity index (χ3n) is 5.38. The van der Waals surface area contributed by atoms with Gasteiger partial charge in [-0.3, -0.25) is 4.79 Å². The van der Waals surface area contributed by atoms with Gasteiger partial charge in [0.25, 0.3) is 0 Å². The minimum Gasteiger partial charge on any atom is -0.361 e. The van der Waals surface area contributed by atoms with Crippen LogP contribution in [-0.2, 0) is 17.8 Å². The molecule has 0 aliphatic heterocycles. The second-order valence-corrected chi connectivity index (χ2v) is 7.73. The number of aliphatic imine (C=N–C) groups is 1. The Morgan fingerprint density at radius 1 is 1.10 bits per heavy atom. The van der Waals surface area contributed by atoms with Crippen LogP contribution in [0.25, 0.3) is 10.9 Å². The number of benzene rings is 2. The van der Waals surface area contributed by atoms with Gasteiger partial charge in [0, 0.05) is 41.8 Å². The Morgan fingerprint density at radius 2 is 1.94 bits per heavy atom. The van der Waals surface area contributed by atoms with Crippen LogP contribution in [0, 0.1) is 5.92 Å². The largest absolute Gasteiger partial charge is 0.361 e. The van der Waals surface area contributed by atoms with Crippen molar-refractivity contribution in [2.75, 3.05) is 18.4 Å². The van der Waals surface area contributed by atoms with Crippen molar-refractivity contribution in [3.63, 3.8) is 0 Å². The second kappa shape index (κ2) is 11.2. The lowest BCUT2D eigenvalue weighted by Crippen LogP contribution is -2.38. The lowest BCUT2D eigenvalue weighted by molar-refractivity contribution is -0.119. The molecule has 0 fully saturated rings. The number of guanidine groups is 1. The van der Waals surface area contributed by atoms with Gasteiger partial charge in [0.05, 0.1) is 6.54 Å². The Bertz CT molecular complexity index is 1020. The van der Waals surface area contributed by atoms with Crippen molar-refractivity contribution in [1.82, 2.24) is 15.6 Å². The van der Waals surface area contributed by atoms with Crippen LogP contribution in [-0.4, -0.2) is 29.9 Å². The summed E-state index contributed by atoms with van der Waals surface area (Å²) in [6.45, 7) is 8.14. The van der Waals surface area contributed by atoms with Crippen LogP contribution in [0.15, 0.2) is 59.7 Å². The van der Waals surface area contributed by atoms with Gasteiger partial charge in [0.2, 0.25) is 5.91 Å². The number of nitrogens with zero attached hydrogens (tertiary/aromatic N) is 1. The van der Waals surface area contributed by atoms with E-state index in [-0.39, 0.29) is 11.8 Å². The summed E-state index contributed by atoms with van der Waals surface area (Å²) in [4.78, 5) is 20.2. The number of aromatic nitrogens is 1. The van der Waals surface area contributed by atoms with Crippen molar-refractivity contribution in [1.29, 1.82) is 0 Å². The van der Waals surface area contributed by atoms with E-state index in [1.54, 1.807) is 0 Å². The molecule has 31 heavy (non-hydrogen) atoms. The van der Waals surface area contributed by atoms with Crippen molar-refractivity contribution in [3.8, 4) is 0 Å². The summed E-state index contributed by atoms with van der Waals surface area (Å²) in [6, 6.07) is 16.2. The Balaban J connectivity index is 1.58. The minimum atomic E-state index is 0.00313. The molecule has 1 unspecified atom stereocenters. The van der Waals surface area contributed by atoms with Crippen LogP contribution >= 0.6 is 0 Å². The SMILES string of the molecule is CCNC(=NCc1cccc(NC(=O)C(C)CC)c1)NCCc1c[nH]c2ccccc12. The molecule has 0 bridgehead atoms. The highest BCUT2D eigenvalue weighted by atomic mass is 16.1. The summed E-state index contributed by atoms with van der Waals surface area (Å²) in [5.41, 5.74) is 4.33. The minimum absolute atomic E-state index is 0.00313. The molecule has 1 amide bonds. The highest BCUT2D eigenvalue weighted by Gasteiger charge is 2.10. The lowest BCUT2D eigenvalue weighted by Gasteiger charge is -2.12. The normalized spacial score (nSPS) is 12.5. The van der Waals surface area contributed by atoms with Gasteiger partial charge in [-0.15, -0.1) is 0 Å². The fraction of sp³-hybridized carbons (Fsp3) is 0.360. The number of amides is 1. The first-order valence-corrected chi connectivity index (χ1v) is 11.1. The van der Waals surface area contributed by atoms with E-state index in [0.717, 1.165) is 43.1 Å². The maximum atomic E-state index is 12.1. The van der Waals surface area contributed by atoms with Crippen molar-refractivity contribution in [2.24, 2.45) is 10.9 Å². The number of aromatic amines is 1. The van der Waals surface area contributed by atoms with Crippen molar-refractivity contribution >= 4 is 28.5 Å². The number of hydrogen-bond acceptors (Lipinski definition) is 2. The summed E-state index contributed by atoms with van der Waals surface area (Å²) in [5.74, 6) is 0.843. The maximum Gasteiger partial charge on any atom is 0.227 e. The number of H-pyrrole nitrogens is 1. The van der Waals surface area contributed by atoms with E-state index in [2.05, 4.69) is 52.3 Å². The summed E-state index contributed by atoms with van der Waals surface area (Å²) >= 11 is 0. The zero-order valence-electron chi connectivity index (χ0n) is 18.7. The molecule has 0 aliphatic carbocycles. The van der Waals surface area contributed by atoms with E-state index < -0.39 is 0 Å². The van der Waals surface area contributed by atoms with Crippen LogP contribution < -0.4 is 16.0 Å². The van der Waals surface area contributed by atoms with Gasteiger partial charge in [-0.05, 0) is 49.1 Å². The number of rotatable bonds is 9. The highest BCUT2D eigenvalue weighted by Crippen LogP contribution is 2.17. The molecule has 3 aromatic rings. The van der Waals surface area contributed by atoms with Gasteiger partial charge in [0.1, 0.15) is 0 Å². The van der Waals surface area contributed by atoms with Crippen molar-refractivity contribution in [2.45, 2.75) is 40.2 Å². The molecule has 0 saturated carbocycles. The van der Waals surface area contributed by atoms with Crippen LogP contribution in [0.4, 0.5) is 5.69 Å². The Labute approximate surface area is 184 Å². The highest BCUT2D eigenvalue weighted by molar-refractivity contribution is 5.92. The molecule has 6 heteroatoms. The molecular weight excluding hydrogens is 386 g/mol. The van der Waals surface area contributed by atoms with Crippen molar-refractivity contribution in [3.05, 3.63) is 65.9 Å². The number of anilines is 1. The average molecular weight is 420 g/mol. The lowest BCUT2D eigenvalue weighted by atomic mass is 10.1. The van der Waals surface area contributed by atoms with Gasteiger partial charge in [-0.25, -0.2) is 4.99 Å². The molecule has 0 spiro atoms. The fourth-order valence-electron chi connectivity index (χ4n) is 3.36. The van der Waals surface area contributed by atoms with Gasteiger partial charge < -0.3 is 20.9 Å². The van der Waals surface area contributed by atoms with E-state index in [1.807, 2.05) is 44.2 Å². The molecule has 0 aliphatic rings. The first-order valence-electron chi connectivity index (χ1n) is 11.1. The van der Waals surface area contributed by atoms with E-state index in [1.165, 1.54) is 16.5 Å². The molecule has 0 radical (unpaired) electrons. The first-order chi connectivity index (χ1) is 15.1. The predicted octanol–water partition coefficient (Wildman–Crippen LogP) is 4.45. The van der Waals surface area contributed by atoms with Gasteiger partial charge in [0.15, 0.2) is 5.96 Å². The van der Waals surface area contributed by atoms with E-state index in [0.29, 0.717) is 6.54 Å². The topological polar surface area (TPSA) is 81.3 Å². The zero-order valence-corrected chi connectivity index (χ0v) is 18.7. The van der Waals surface area contributed by atoms with Gasteiger partial charge >= 0.3 is 0 Å². The molecule has 3 rings (SSSR count). The monoisotopic (exact) mass is 419 g/mol. The number of nitrogens with one attached hydrogen (secondary N) is 4. The second-order valence-electron chi connectivity index (χ2n) is 7.73. The number of fused-ring (bicyclic) bond motifs is 1. The molecule has 1 aromatic heterocycles. The number of carbonyl (C=O) groups excluding carboxylic acids is 1. The summed E-state index contributed by atoms with van der Waals surface area (Å²) in [6.07, 6.45) is 3.81. The molecule has 4 N–H and O–H groups in total. The number of carbonyl (C=O) groups is 1. The summed E-state index contributed by atoms with van der Waals surface area (Å²) < 4.78 is 0. The molecule has 0 saturated heterocycles. The van der Waals surface area contributed by atoms with Crippen LogP contribution in [0.3, 0.4) is 0 Å². The summed E-state index contributed by atoms with van der Waals surface area (Å²) in [7, 11) is 0. The van der Waals surface area contributed by atoms with Crippen molar-refractivity contribution < 1.29 is 4.79 Å². The molecule has 164 valence electrons. The van der Waals surface area contributed by atoms with Crippen LogP contribution in [0.5, 0.6) is 0 Å². The molecule has 1 heterocycles. The summed E-state index contributed by atoms with van der Waals surface area (Å²) in [5, 5.41) is 11.0. The van der Waals surface area contributed by atoms with E-state index in [4.69, 9.17) is 4.99 Å². The molecular formula is C25H33N5O. The third-order valence-corrected chi connectivity index (χ3v) is 5.38.